The van der Waals surface area contributed by atoms with Crippen LogP contribution in [0.3, 0.4) is 0 Å². The second-order valence-electron chi connectivity index (χ2n) is 5.83. The molecule has 0 heterocycles. The number of benzene rings is 2. The molecule has 21 heavy (non-hydrogen) atoms. The molecule has 0 aliphatic heterocycles. The van der Waals surface area contributed by atoms with Crippen LogP contribution in [0.25, 0.3) is 0 Å². The summed E-state index contributed by atoms with van der Waals surface area (Å²) in [6.45, 7) is 0. The molecule has 1 N–H and O–H groups in total. The predicted molar refractivity (Wildman–Crippen MR) is 85.8 cm³/mol. The molecule has 110 valence electrons. The molecular weight excluding hydrogens is 331 g/mol. The summed E-state index contributed by atoms with van der Waals surface area (Å²) in [5, 5.41) is 10.8. The summed E-state index contributed by atoms with van der Waals surface area (Å²) in [4.78, 5) is 0. The van der Waals surface area contributed by atoms with E-state index >= 15 is 0 Å². The van der Waals surface area contributed by atoms with E-state index in [1.165, 1.54) is 17.7 Å². The third-order valence-corrected chi connectivity index (χ3v) is 5.43. The minimum Gasteiger partial charge on any atom is -0.392 e. The molecule has 2 aromatic rings. The van der Waals surface area contributed by atoms with E-state index < -0.39 is 6.10 Å². The van der Waals surface area contributed by atoms with Crippen LogP contribution in [0.1, 0.15) is 30.4 Å². The van der Waals surface area contributed by atoms with E-state index in [9.17, 15) is 9.50 Å². The Balaban J connectivity index is 1.87. The lowest BCUT2D eigenvalue weighted by Crippen LogP contribution is -2.46. The third-order valence-electron chi connectivity index (χ3n) is 4.65. The quantitative estimate of drug-likeness (QED) is 0.854. The van der Waals surface area contributed by atoms with Crippen LogP contribution < -0.4 is 0 Å². The lowest BCUT2D eigenvalue weighted by molar-refractivity contribution is 0.0284. The van der Waals surface area contributed by atoms with Crippen LogP contribution >= 0.6 is 15.9 Å². The first-order valence-electron chi connectivity index (χ1n) is 7.29. The average Bonchev–Trinajstić information content (AvgIpc) is 2.43. The van der Waals surface area contributed by atoms with Crippen molar-refractivity contribution in [1.82, 2.24) is 0 Å². The number of hydrogen-bond acceptors (Lipinski definition) is 1. The van der Waals surface area contributed by atoms with Crippen molar-refractivity contribution in [2.45, 2.75) is 37.2 Å². The van der Waals surface area contributed by atoms with Gasteiger partial charge in [-0.2, -0.15) is 0 Å². The van der Waals surface area contributed by atoms with Crippen molar-refractivity contribution in [2.24, 2.45) is 0 Å². The van der Waals surface area contributed by atoms with Crippen molar-refractivity contribution < 1.29 is 9.50 Å². The van der Waals surface area contributed by atoms with Crippen molar-refractivity contribution in [2.75, 3.05) is 0 Å². The fourth-order valence-corrected chi connectivity index (χ4v) is 3.65. The van der Waals surface area contributed by atoms with Crippen LogP contribution in [0.5, 0.6) is 0 Å². The minimum atomic E-state index is -0.494. The van der Waals surface area contributed by atoms with Crippen molar-refractivity contribution in [1.29, 1.82) is 0 Å². The number of halogens is 2. The molecule has 1 saturated carbocycles. The first-order chi connectivity index (χ1) is 10.1. The van der Waals surface area contributed by atoms with E-state index in [4.69, 9.17) is 0 Å². The summed E-state index contributed by atoms with van der Waals surface area (Å²) in [6, 6.07) is 14.8. The van der Waals surface area contributed by atoms with E-state index in [0.29, 0.717) is 6.42 Å². The highest BCUT2D eigenvalue weighted by Crippen LogP contribution is 2.47. The largest absolute Gasteiger partial charge is 0.392 e. The SMILES string of the molecule is OC(Cc1cc(F)ccc1Br)C1(c2ccccc2)CCC1. The van der Waals surface area contributed by atoms with Crippen LogP contribution in [-0.4, -0.2) is 11.2 Å². The Morgan fingerprint density at radius 3 is 2.48 bits per heavy atom. The zero-order valence-corrected chi connectivity index (χ0v) is 13.3. The molecule has 1 aliphatic carbocycles. The molecule has 1 aliphatic rings. The maximum Gasteiger partial charge on any atom is 0.123 e. The number of hydrogen-bond donors (Lipinski definition) is 1. The number of rotatable bonds is 4. The molecule has 3 heteroatoms. The minimum absolute atomic E-state index is 0.174. The zero-order valence-electron chi connectivity index (χ0n) is 11.7. The molecule has 1 nitrogen and oxygen atoms in total. The predicted octanol–water partition coefficient (Wildman–Crippen LogP) is 4.61. The van der Waals surface area contributed by atoms with Crippen molar-refractivity contribution >= 4 is 15.9 Å². The standard InChI is InChI=1S/C18H18BrFO/c19-16-8-7-15(20)11-13(16)12-17(21)18(9-4-10-18)14-5-2-1-3-6-14/h1-3,5-8,11,17,21H,4,9-10,12H2. The maximum absolute atomic E-state index is 13.4. The number of aliphatic hydroxyl groups excluding tert-OH is 1. The van der Waals surface area contributed by atoms with Gasteiger partial charge in [0, 0.05) is 16.3 Å². The second-order valence-corrected chi connectivity index (χ2v) is 6.69. The van der Waals surface area contributed by atoms with Crippen molar-refractivity contribution in [3.63, 3.8) is 0 Å². The van der Waals surface area contributed by atoms with Crippen LogP contribution in [0.4, 0.5) is 4.39 Å². The van der Waals surface area contributed by atoms with Gasteiger partial charge in [0.25, 0.3) is 0 Å². The Kier molecular flexibility index (Phi) is 4.14. The van der Waals surface area contributed by atoms with Gasteiger partial charge in [-0.3, -0.25) is 0 Å². The van der Waals surface area contributed by atoms with Crippen molar-refractivity contribution in [3.05, 3.63) is 69.9 Å². The fourth-order valence-electron chi connectivity index (χ4n) is 3.25. The van der Waals surface area contributed by atoms with E-state index in [0.717, 1.165) is 29.3 Å². The van der Waals surface area contributed by atoms with Gasteiger partial charge in [0.2, 0.25) is 0 Å². The highest BCUT2D eigenvalue weighted by molar-refractivity contribution is 9.10. The molecule has 0 saturated heterocycles. The molecule has 3 rings (SSSR count). The van der Waals surface area contributed by atoms with Gasteiger partial charge < -0.3 is 5.11 Å². The summed E-state index contributed by atoms with van der Waals surface area (Å²) in [6.07, 6.45) is 3.09. The molecule has 0 amide bonds. The average molecular weight is 349 g/mol. The summed E-state index contributed by atoms with van der Waals surface area (Å²) in [5.41, 5.74) is 1.84. The Morgan fingerprint density at radius 2 is 1.86 bits per heavy atom. The van der Waals surface area contributed by atoms with Gasteiger partial charge in [0.05, 0.1) is 6.10 Å². The summed E-state index contributed by atoms with van der Waals surface area (Å²) >= 11 is 3.44. The number of aliphatic hydroxyl groups is 1. The first kappa shape index (κ1) is 14.7. The molecule has 0 bridgehead atoms. The highest BCUT2D eigenvalue weighted by atomic mass is 79.9. The molecule has 0 aromatic heterocycles. The van der Waals surface area contributed by atoms with Gasteiger partial charge >= 0.3 is 0 Å². The lowest BCUT2D eigenvalue weighted by atomic mass is 9.60. The van der Waals surface area contributed by atoms with E-state index in [-0.39, 0.29) is 11.2 Å². The summed E-state index contributed by atoms with van der Waals surface area (Å²) in [5.74, 6) is -0.261. The van der Waals surface area contributed by atoms with Gasteiger partial charge in [-0.05, 0) is 42.2 Å². The molecule has 1 unspecified atom stereocenters. The topological polar surface area (TPSA) is 20.2 Å². The van der Waals surface area contributed by atoms with Crippen LogP contribution in [0, 0.1) is 5.82 Å². The normalized spacial score (nSPS) is 18.0. The highest BCUT2D eigenvalue weighted by Gasteiger charge is 2.44. The first-order valence-corrected chi connectivity index (χ1v) is 8.09. The Morgan fingerprint density at radius 1 is 1.14 bits per heavy atom. The third kappa shape index (κ3) is 2.77. The summed E-state index contributed by atoms with van der Waals surface area (Å²) < 4.78 is 14.3. The summed E-state index contributed by atoms with van der Waals surface area (Å²) in [7, 11) is 0. The lowest BCUT2D eigenvalue weighted by Gasteiger charge is -2.46. The molecule has 2 aromatic carbocycles. The maximum atomic E-state index is 13.4. The second kappa shape index (κ2) is 5.90. The Labute approximate surface area is 132 Å². The molecule has 1 fully saturated rings. The van der Waals surface area contributed by atoms with E-state index in [1.807, 2.05) is 18.2 Å². The molecule has 1 atom stereocenters. The van der Waals surface area contributed by atoms with Crippen LogP contribution in [-0.2, 0) is 11.8 Å². The molecule has 0 spiro atoms. The van der Waals surface area contributed by atoms with Gasteiger partial charge in [0.1, 0.15) is 5.82 Å². The fraction of sp³-hybridized carbons (Fsp3) is 0.333. The van der Waals surface area contributed by atoms with Crippen LogP contribution in [0.15, 0.2) is 53.0 Å². The Hall–Kier alpha value is -1.19. The molecule has 0 radical (unpaired) electrons. The smallest absolute Gasteiger partial charge is 0.123 e. The van der Waals surface area contributed by atoms with Crippen molar-refractivity contribution in [3.8, 4) is 0 Å². The van der Waals surface area contributed by atoms with Gasteiger partial charge in [-0.25, -0.2) is 4.39 Å². The van der Waals surface area contributed by atoms with E-state index in [2.05, 4.69) is 28.1 Å². The zero-order chi connectivity index (χ0) is 14.9. The van der Waals surface area contributed by atoms with Gasteiger partial charge in [0.15, 0.2) is 0 Å². The Bertz CT molecular complexity index is 622. The van der Waals surface area contributed by atoms with Gasteiger partial charge in [-0.15, -0.1) is 0 Å². The van der Waals surface area contributed by atoms with Gasteiger partial charge in [-0.1, -0.05) is 52.7 Å². The molecular formula is C18H18BrFO. The van der Waals surface area contributed by atoms with Crippen LogP contribution in [0.2, 0.25) is 0 Å². The monoisotopic (exact) mass is 348 g/mol. The van der Waals surface area contributed by atoms with E-state index in [1.54, 1.807) is 6.07 Å².